The van der Waals surface area contributed by atoms with Gasteiger partial charge >= 0.3 is 0 Å². The number of ether oxygens (including phenoxy) is 3. The Hall–Kier alpha value is -2.97. The standard InChI is InChI=1S/C22H25N3O5/c26-20(14-18-6-4-5-9-23-18)24-10-12-29-22(16-24)17-25(11-13-30-22)21(27)15-28-19-7-2-1-3-8-19/h1-9H,10-17H2. The molecule has 1 aromatic heterocycles. The summed E-state index contributed by atoms with van der Waals surface area (Å²) < 4.78 is 17.4. The number of aromatic nitrogens is 1. The van der Waals surface area contributed by atoms with Crippen molar-refractivity contribution in [3.8, 4) is 5.75 Å². The molecule has 0 saturated carbocycles. The maximum absolute atomic E-state index is 12.7. The Morgan fingerprint density at radius 1 is 0.933 bits per heavy atom. The first-order valence-electron chi connectivity index (χ1n) is 10.0. The predicted octanol–water partition coefficient (Wildman–Crippen LogP) is 1.12. The Morgan fingerprint density at radius 2 is 1.60 bits per heavy atom. The molecule has 1 spiro atoms. The number of hydrogen-bond acceptors (Lipinski definition) is 6. The van der Waals surface area contributed by atoms with Crippen molar-refractivity contribution in [1.29, 1.82) is 0 Å². The second-order valence-electron chi connectivity index (χ2n) is 7.34. The van der Waals surface area contributed by atoms with Gasteiger partial charge in [0.15, 0.2) is 6.61 Å². The number of carbonyl (C=O) groups excluding carboxylic acids is 2. The maximum atomic E-state index is 12.7. The van der Waals surface area contributed by atoms with E-state index in [0.717, 1.165) is 5.69 Å². The van der Waals surface area contributed by atoms with Crippen molar-refractivity contribution in [3.63, 3.8) is 0 Å². The Labute approximate surface area is 175 Å². The zero-order valence-electron chi connectivity index (χ0n) is 16.7. The van der Waals surface area contributed by atoms with E-state index < -0.39 is 5.79 Å². The smallest absolute Gasteiger partial charge is 0.260 e. The van der Waals surface area contributed by atoms with Gasteiger partial charge in [0, 0.05) is 25.0 Å². The van der Waals surface area contributed by atoms with Crippen LogP contribution < -0.4 is 4.74 Å². The van der Waals surface area contributed by atoms with Gasteiger partial charge in [-0.1, -0.05) is 24.3 Å². The van der Waals surface area contributed by atoms with E-state index in [-0.39, 0.29) is 37.9 Å². The van der Waals surface area contributed by atoms with Gasteiger partial charge in [-0.05, 0) is 24.3 Å². The van der Waals surface area contributed by atoms with Gasteiger partial charge in [0.2, 0.25) is 11.7 Å². The second kappa shape index (κ2) is 9.23. The Bertz CT molecular complexity index is 860. The fraction of sp³-hybridized carbons (Fsp3) is 0.409. The minimum atomic E-state index is -1.00. The largest absolute Gasteiger partial charge is 0.484 e. The monoisotopic (exact) mass is 411 g/mol. The first-order chi connectivity index (χ1) is 14.6. The highest BCUT2D eigenvalue weighted by molar-refractivity contribution is 5.79. The van der Waals surface area contributed by atoms with E-state index >= 15 is 0 Å². The van der Waals surface area contributed by atoms with Gasteiger partial charge in [-0.2, -0.15) is 0 Å². The van der Waals surface area contributed by atoms with Crippen molar-refractivity contribution < 1.29 is 23.8 Å². The lowest BCUT2D eigenvalue weighted by Gasteiger charge is -2.47. The van der Waals surface area contributed by atoms with E-state index in [2.05, 4.69) is 4.98 Å². The van der Waals surface area contributed by atoms with Gasteiger partial charge in [0.25, 0.3) is 5.91 Å². The normalized spacial score (nSPS) is 21.5. The first-order valence-corrected chi connectivity index (χ1v) is 10.0. The lowest BCUT2D eigenvalue weighted by molar-refractivity contribution is -0.287. The zero-order valence-corrected chi connectivity index (χ0v) is 16.7. The molecule has 1 unspecified atom stereocenters. The number of carbonyl (C=O) groups is 2. The van der Waals surface area contributed by atoms with Crippen LogP contribution in [0.3, 0.4) is 0 Å². The van der Waals surface area contributed by atoms with E-state index in [9.17, 15) is 9.59 Å². The van der Waals surface area contributed by atoms with Gasteiger partial charge in [-0.15, -0.1) is 0 Å². The van der Waals surface area contributed by atoms with Crippen molar-refractivity contribution in [3.05, 3.63) is 60.4 Å². The molecule has 2 amide bonds. The van der Waals surface area contributed by atoms with Crippen LogP contribution in [0.4, 0.5) is 0 Å². The molecule has 3 heterocycles. The summed E-state index contributed by atoms with van der Waals surface area (Å²) in [5.41, 5.74) is 0.725. The Balaban J connectivity index is 1.35. The van der Waals surface area contributed by atoms with Crippen molar-refractivity contribution >= 4 is 11.8 Å². The lowest BCUT2D eigenvalue weighted by Crippen LogP contribution is -2.64. The maximum Gasteiger partial charge on any atom is 0.260 e. The number of amides is 2. The topological polar surface area (TPSA) is 81.2 Å². The molecule has 30 heavy (non-hydrogen) atoms. The third-order valence-corrected chi connectivity index (χ3v) is 5.19. The van der Waals surface area contributed by atoms with Crippen LogP contribution in [0, 0.1) is 0 Å². The third-order valence-electron chi connectivity index (χ3n) is 5.19. The van der Waals surface area contributed by atoms with Crippen LogP contribution in [0.15, 0.2) is 54.7 Å². The second-order valence-corrected chi connectivity index (χ2v) is 7.34. The molecule has 2 fully saturated rings. The van der Waals surface area contributed by atoms with E-state index in [1.54, 1.807) is 16.0 Å². The molecule has 0 aliphatic carbocycles. The van der Waals surface area contributed by atoms with Crippen LogP contribution in [-0.2, 0) is 25.5 Å². The average molecular weight is 411 g/mol. The number of morpholine rings is 2. The fourth-order valence-corrected chi connectivity index (χ4v) is 3.65. The highest BCUT2D eigenvalue weighted by atomic mass is 16.7. The summed E-state index contributed by atoms with van der Waals surface area (Å²) in [5.74, 6) is -0.523. The van der Waals surface area contributed by atoms with Gasteiger partial charge in [-0.25, -0.2) is 0 Å². The molecule has 8 nitrogen and oxygen atoms in total. The van der Waals surface area contributed by atoms with Crippen molar-refractivity contribution in [2.24, 2.45) is 0 Å². The summed E-state index contributed by atoms with van der Waals surface area (Å²) in [7, 11) is 0. The molecule has 2 aliphatic heterocycles. The van der Waals surface area contributed by atoms with Crippen molar-refractivity contribution in [2.75, 3.05) is 46.0 Å². The summed E-state index contributed by atoms with van der Waals surface area (Å²) >= 11 is 0. The predicted molar refractivity (Wildman–Crippen MR) is 108 cm³/mol. The molecule has 8 heteroatoms. The number of para-hydroxylation sites is 1. The molecular weight excluding hydrogens is 386 g/mol. The number of pyridine rings is 1. The van der Waals surface area contributed by atoms with Crippen LogP contribution in [0.25, 0.3) is 0 Å². The minimum absolute atomic E-state index is 0.0316. The molecule has 0 radical (unpaired) electrons. The summed E-state index contributed by atoms with van der Waals surface area (Å²) in [6.45, 7) is 2.14. The zero-order chi connectivity index (χ0) is 20.8. The molecule has 0 N–H and O–H groups in total. The SMILES string of the molecule is O=C(COc1ccccc1)N1CCOC2(C1)CN(C(=O)Cc1ccccn1)CCO2. The molecule has 2 aromatic rings. The van der Waals surface area contributed by atoms with Crippen molar-refractivity contribution in [1.82, 2.24) is 14.8 Å². The van der Waals surface area contributed by atoms with E-state index in [4.69, 9.17) is 14.2 Å². The number of hydrogen-bond donors (Lipinski definition) is 0. The number of benzene rings is 1. The summed E-state index contributed by atoms with van der Waals surface area (Å²) in [4.78, 5) is 33.0. The molecule has 0 bridgehead atoms. The molecule has 2 saturated heterocycles. The molecule has 1 aromatic carbocycles. The Kier molecular flexibility index (Phi) is 6.25. The molecular formula is C22H25N3O5. The summed E-state index contributed by atoms with van der Waals surface area (Å²) in [5, 5.41) is 0. The average Bonchev–Trinajstić information content (AvgIpc) is 2.79. The van der Waals surface area contributed by atoms with Crippen LogP contribution in [-0.4, -0.2) is 78.4 Å². The lowest BCUT2D eigenvalue weighted by atomic mass is 10.1. The van der Waals surface area contributed by atoms with Crippen LogP contribution in [0.1, 0.15) is 5.69 Å². The molecule has 158 valence electrons. The van der Waals surface area contributed by atoms with Crippen LogP contribution >= 0.6 is 0 Å². The van der Waals surface area contributed by atoms with Gasteiger partial charge in [-0.3, -0.25) is 14.6 Å². The number of rotatable bonds is 5. The van der Waals surface area contributed by atoms with E-state index in [0.29, 0.717) is 32.1 Å². The first kappa shape index (κ1) is 20.3. The van der Waals surface area contributed by atoms with Crippen LogP contribution in [0.5, 0.6) is 5.75 Å². The van der Waals surface area contributed by atoms with Gasteiger partial charge in [0.1, 0.15) is 5.75 Å². The van der Waals surface area contributed by atoms with Gasteiger partial charge < -0.3 is 24.0 Å². The molecule has 2 aliphatic rings. The fourth-order valence-electron chi connectivity index (χ4n) is 3.65. The summed E-state index contributed by atoms with van der Waals surface area (Å²) in [6, 6.07) is 14.7. The van der Waals surface area contributed by atoms with Crippen molar-refractivity contribution in [2.45, 2.75) is 12.2 Å². The third kappa shape index (κ3) is 4.95. The number of nitrogens with zero attached hydrogens (tertiary/aromatic N) is 3. The van der Waals surface area contributed by atoms with E-state index in [1.807, 2.05) is 48.5 Å². The quantitative estimate of drug-likeness (QED) is 0.734. The molecule has 1 atom stereocenters. The van der Waals surface area contributed by atoms with Gasteiger partial charge in [0.05, 0.1) is 32.7 Å². The highest BCUT2D eigenvalue weighted by Crippen LogP contribution is 2.25. The van der Waals surface area contributed by atoms with E-state index in [1.165, 1.54) is 0 Å². The minimum Gasteiger partial charge on any atom is -0.484 e. The van der Waals surface area contributed by atoms with Crippen LogP contribution in [0.2, 0.25) is 0 Å². The Morgan fingerprint density at radius 3 is 2.27 bits per heavy atom. The highest BCUT2D eigenvalue weighted by Gasteiger charge is 2.44. The summed E-state index contributed by atoms with van der Waals surface area (Å²) in [6.07, 6.45) is 1.90. The molecule has 4 rings (SSSR count).